The van der Waals surface area contributed by atoms with Crippen LogP contribution in [-0.2, 0) is 0 Å². The van der Waals surface area contributed by atoms with Crippen LogP contribution < -0.4 is 11.1 Å². The number of nitrogens with zero attached hydrogens (tertiary/aromatic N) is 5. The summed E-state index contributed by atoms with van der Waals surface area (Å²) in [4.78, 5) is 16.5. The monoisotopic (exact) mass is 345 g/mol. The molecule has 0 fully saturated rings. The van der Waals surface area contributed by atoms with Crippen molar-refractivity contribution in [1.82, 2.24) is 24.5 Å². The van der Waals surface area contributed by atoms with Gasteiger partial charge in [0.05, 0.1) is 0 Å². The second-order valence-corrected chi connectivity index (χ2v) is 5.23. The lowest BCUT2D eigenvalue weighted by molar-refractivity contribution is 0.906. The summed E-state index contributed by atoms with van der Waals surface area (Å²) in [7, 11) is 0. The van der Waals surface area contributed by atoms with Crippen molar-refractivity contribution < 1.29 is 0 Å². The van der Waals surface area contributed by atoms with Gasteiger partial charge in [0.1, 0.15) is 6.33 Å². The van der Waals surface area contributed by atoms with Crippen LogP contribution in [0.1, 0.15) is 5.56 Å². The van der Waals surface area contributed by atoms with Gasteiger partial charge in [0.2, 0.25) is 17.8 Å². The van der Waals surface area contributed by atoms with E-state index in [-0.39, 0.29) is 5.95 Å². The summed E-state index contributed by atoms with van der Waals surface area (Å²) < 4.78 is 2.71. The lowest BCUT2D eigenvalue weighted by atomic mass is 10.2. The molecule has 3 N–H and O–H groups in total. The molecule has 0 aliphatic carbocycles. The van der Waals surface area contributed by atoms with Crippen LogP contribution in [0.4, 0.5) is 17.6 Å². The highest BCUT2D eigenvalue weighted by Crippen LogP contribution is 2.22. The van der Waals surface area contributed by atoms with E-state index in [0.29, 0.717) is 11.9 Å². The molecule has 0 saturated heterocycles. The van der Waals surface area contributed by atoms with E-state index in [1.165, 1.54) is 0 Å². The molecule has 2 heterocycles. The van der Waals surface area contributed by atoms with Gasteiger partial charge in [0, 0.05) is 22.6 Å². The third kappa shape index (κ3) is 3.00. The van der Waals surface area contributed by atoms with Crippen LogP contribution in [0, 0.1) is 6.92 Å². The summed E-state index contributed by atoms with van der Waals surface area (Å²) in [6, 6.07) is 5.87. The molecule has 0 bridgehead atoms. The van der Waals surface area contributed by atoms with Crippen molar-refractivity contribution >= 4 is 33.5 Å². The number of nitrogen functional groups attached to an aromatic ring is 1. The molecule has 3 aromatic rings. The maximum absolute atomic E-state index is 5.73. The van der Waals surface area contributed by atoms with E-state index in [0.717, 1.165) is 15.7 Å². The van der Waals surface area contributed by atoms with Gasteiger partial charge in [0.25, 0.3) is 0 Å². The van der Waals surface area contributed by atoms with Gasteiger partial charge in [-0.15, -0.1) is 0 Å². The Morgan fingerprint density at radius 1 is 1.24 bits per heavy atom. The molecule has 0 amide bonds. The molecule has 0 unspecified atom stereocenters. The Hall–Kier alpha value is -2.48. The van der Waals surface area contributed by atoms with E-state index < -0.39 is 0 Å². The van der Waals surface area contributed by atoms with Crippen molar-refractivity contribution in [2.24, 2.45) is 0 Å². The maximum atomic E-state index is 5.73. The molecule has 0 atom stereocenters. The molecule has 21 heavy (non-hydrogen) atoms. The van der Waals surface area contributed by atoms with Crippen LogP contribution in [0.5, 0.6) is 0 Å². The Kier molecular flexibility index (Phi) is 3.53. The number of aromatic nitrogens is 5. The molecule has 106 valence electrons. The van der Waals surface area contributed by atoms with Crippen LogP contribution in [0.2, 0.25) is 0 Å². The molecule has 0 saturated carbocycles. The second kappa shape index (κ2) is 5.49. The average molecular weight is 346 g/mol. The predicted octanol–water partition coefficient (Wildman–Crippen LogP) is 2.45. The summed E-state index contributed by atoms with van der Waals surface area (Å²) in [5.41, 5.74) is 7.71. The number of aryl methyl sites for hydroxylation is 1. The summed E-state index contributed by atoms with van der Waals surface area (Å²) in [6.45, 7) is 2.01. The fourth-order valence-electron chi connectivity index (χ4n) is 1.78. The quantitative estimate of drug-likeness (QED) is 0.757. The van der Waals surface area contributed by atoms with Gasteiger partial charge >= 0.3 is 0 Å². The fraction of sp³-hybridized carbons (Fsp3) is 0.0769. The molecule has 1 aromatic carbocycles. The first-order valence-corrected chi connectivity index (χ1v) is 6.94. The summed E-state index contributed by atoms with van der Waals surface area (Å²) >= 11 is 3.46. The van der Waals surface area contributed by atoms with E-state index in [2.05, 4.69) is 41.2 Å². The van der Waals surface area contributed by atoms with Crippen LogP contribution in [0.15, 0.2) is 41.4 Å². The molecule has 0 radical (unpaired) electrons. The summed E-state index contributed by atoms with van der Waals surface area (Å²) in [5, 5.41) is 3.12. The third-order valence-electron chi connectivity index (χ3n) is 2.79. The van der Waals surface area contributed by atoms with Crippen molar-refractivity contribution in [3.05, 3.63) is 47.0 Å². The Balaban J connectivity index is 1.93. The zero-order valence-electron chi connectivity index (χ0n) is 11.2. The highest BCUT2D eigenvalue weighted by Gasteiger charge is 2.07. The molecule has 0 aliphatic rings. The van der Waals surface area contributed by atoms with Crippen LogP contribution in [0.25, 0.3) is 5.95 Å². The van der Waals surface area contributed by atoms with Crippen molar-refractivity contribution in [3.63, 3.8) is 0 Å². The molecule has 8 heteroatoms. The van der Waals surface area contributed by atoms with Crippen LogP contribution in [0.3, 0.4) is 0 Å². The summed E-state index contributed by atoms with van der Waals surface area (Å²) in [6.07, 6.45) is 4.98. The summed E-state index contributed by atoms with van der Waals surface area (Å²) in [5.74, 6) is 0.939. The number of anilines is 3. The SMILES string of the molecule is Cc1cc(Nc2nc(N)nc(-n3ccnc3)n2)ccc1Br. The Bertz CT molecular complexity index is 770. The number of halogens is 1. The van der Waals surface area contributed by atoms with Crippen LogP contribution in [-0.4, -0.2) is 24.5 Å². The molecular weight excluding hydrogens is 334 g/mol. The molecule has 0 spiro atoms. The number of nitrogens with one attached hydrogen (secondary N) is 1. The highest BCUT2D eigenvalue weighted by molar-refractivity contribution is 9.10. The van der Waals surface area contributed by atoms with E-state index >= 15 is 0 Å². The first kappa shape index (κ1) is 13.5. The lowest BCUT2D eigenvalue weighted by Gasteiger charge is -2.08. The standard InChI is InChI=1S/C13H12BrN7/c1-8-6-9(2-3-10(8)14)17-12-18-11(15)19-13(20-12)21-5-4-16-7-21/h2-7H,1H3,(H3,15,17,18,19,20). The van der Waals surface area contributed by atoms with Crippen molar-refractivity contribution in [2.75, 3.05) is 11.1 Å². The molecule has 0 aliphatic heterocycles. The topological polar surface area (TPSA) is 94.5 Å². The zero-order chi connectivity index (χ0) is 14.8. The van der Waals surface area contributed by atoms with Gasteiger partial charge in [-0.05, 0) is 30.7 Å². The molecular formula is C13H12BrN7. The maximum Gasteiger partial charge on any atom is 0.241 e. The van der Waals surface area contributed by atoms with Crippen molar-refractivity contribution in [2.45, 2.75) is 6.92 Å². The smallest absolute Gasteiger partial charge is 0.241 e. The number of imidazole rings is 1. The first-order chi connectivity index (χ1) is 10.1. The minimum absolute atomic E-state index is 0.144. The van der Waals surface area contributed by atoms with Gasteiger partial charge < -0.3 is 11.1 Å². The minimum atomic E-state index is 0.144. The van der Waals surface area contributed by atoms with Crippen molar-refractivity contribution in [3.8, 4) is 5.95 Å². The Morgan fingerprint density at radius 3 is 2.81 bits per heavy atom. The van der Waals surface area contributed by atoms with Gasteiger partial charge in [-0.1, -0.05) is 15.9 Å². The Labute approximate surface area is 129 Å². The van der Waals surface area contributed by atoms with Crippen LogP contribution >= 0.6 is 15.9 Å². The predicted molar refractivity (Wildman–Crippen MR) is 83.5 cm³/mol. The number of nitrogens with two attached hydrogens (primary N) is 1. The van der Waals surface area contributed by atoms with Gasteiger partial charge in [0.15, 0.2) is 0 Å². The van der Waals surface area contributed by atoms with Crippen molar-refractivity contribution in [1.29, 1.82) is 0 Å². The highest BCUT2D eigenvalue weighted by atomic mass is 79.9. The minimum Gasteiger partial charge on any atom is -0.368 e. The van der Waals surface area contributed by atoms with Gasteiger partial charge in [-0.3, -0.25) is 4.57 Å². The van der Waals surface area contributed by atoms with E-state index in [9.17, 15) is 0 Å². The van der Waals surface area contributed by atoms with E-state index in [1.54, 1.807) is 23.3 Å². The number of hydrogen-bond acceptors (Lipinski definition) is 6. The van der Waals surface area contributed by atoms with E-state index in [4.69, 9.17) is 5.73 Å². The van der Waals surface area contributed by atoms with Gasteiger partial charge in [-0.25, -0.2) is 4.98 Å². The molecule has 7 nitrogen and oxygen atoms in total. The molecule has 3 rings (SSSR count). The number of rotatable bonds is 3. The average Bonchev–Trinajstić information content (AvgIpc) is 2.96. The molecule has 2 aromatic heterocycles. The number of benzene rings is 1. The number of hydrogen-bond donors (Lipinski definition) is 2. The normalized spacial score (nSPS) is 10.6. The first-order valence-electron chi connectivity index (χ1n) is 6.15. The Morgan fingerprint density at radius 2 is 2.10 bits per heavy atom. The van der Waals surface area contributed by atoms with E-state index in [1.807, 2.05) is 25.1 Å². The second-order valence-electron chi connectivity index (χ2n) is 4.38. The zero-order valence-corrected chi connectivity index (χ0v) is 12.7. The fourth-order valence-corrected chi connectivity index (χ4v) is 2.03. The van der Waals surface area contributed by atoms with Gasteiger partial charge in [-0.2, -0.15) is 15.0 Å². The third-order valence-corrected chi connectivity index (χ3v) is 3.68. The lowest BCUT2D eigenvalue weighted by Crippen LogP contribution is -2.08. The largest absolute Gasteiger partial charge is 0.368 e.